The third-order valence-corrected chi connectivity index (χ3v) is 4.35. The monoisotopic (exact) mass is 363 g/mol. The molecule has 0 aliphatic heterocycles. The van der Waals surface area contributed by atoms with Crippen molar-refractivity contribution in [2.75, 3.05) is 6.67 Å². The van der Waals surface area contributed by atoms with Gasteiger partial charge in [0.15, 0.2) is 5.82 Å². The largest absolute Gasteiger partial charge is 0.390 e. The van der Waals surface area contributed by atoms with Crippen LogP contribution in [0, 0.1) is 0 Å². The zero-order valence-corrected chi connectivity index (χ0v) is 14.5. The number of benzene rings is 1. The summed E-state index contributed by atoms with van der Waals surface area (Å²) in [6.07, 6.45) is 1.76. The first-order valence-electron chi connectivity index (χ1n) is 8.53. The second-order valence-corrected chi connectivity index (χ2v) is 6.18. The molecule has 136 valence electrons. The molecule has 0 bridgehead atoms. The number of rotatable bonds is 5. The summed E-state index contributed by atoms with van der Waals surface area (Å²) < 4.78 is 14.6. The smallest absolute Gasteiger partial charge is 0.154 e. The van der Waals surface area contributed by atoms with Crippen molar-refractivity contribution in [2.24, 2.45) is 5.73 Å². The van der Waals surface area contributed by atoms with Crippen molar-refractivity contribution in [2.45, 2.75) is 12.6 Å². The average Bonchev–Trinajstić information content (AvgIpc) is 3.16. The van der Waals surface area contributed by atoms with E-state index in [1.54, 1.807) is 23.0 Å². The summed E-state index contributed by atoms with van der Waals surface area (Å²) in [6, 6.07) is 15.9. The van der Waals surface area contributed by atoms with E-state index < -0.39 is 12.7 Å². The molecule has 4 aromatic rings. The third-order valence-electron chi connectivity index (χ3n) is 4.35. The van der Waals surface area contributed by atoms with Crippen LogP contribution in [-0.4, -0.2) is 31.5 Å². The summed E-state index contributed by atoms with van der Waals surface area (Å²) in [5, 5.41) is 14.7. The number of aromatic nitrogens is 4. The number of nitrogens with two attached hydrogens (primary N) is 1. The molecule has 6 nitrogen and oxygen atoms in total. The minimum Gasteiger partial charge on any atom is -0.390 e. The fraction of sp³-hybridized carbons (Fsp3) is 0.150. The first-order chi connectivity index (χ1) is 13.2. The zero-order chi connectivity index (χ0) is 18.8. The minimum absolute atomic E-state index is 0.135. The van der Waals surface area contributed by atoms with E-state index in [1.165, 1.54) is 0 Å². The quantitative estimate of drug-likeness (QED) is 0.569. The molecule has 0 saturated carbocycles. The van der Waals surface area contributed by atoms with Gasteiger partial charge in [0.05, 0.1) is 41.4 Å². The predicted octanol–water partition coefficient (Wildman–Crippen LogP) is 2.94. The van der Waals surface area contributed by atoms with Gasteiger partial charge >= 0.3 is 0 Å². The van der Waals surface area contributed by atoms with Crippen LogP contribution in [0.1, 0.15) is 17.4 Å². The number of alkyl halides is 1. The van der Waals surface area contributed by atoms with Crippen molar-refractivity contribution < 1.29 is 9.50 Å². The molecule has 27 heavy (non-hydrogen) atoms. The Labute approximate surface area is 155 Å². The standard InChI is InChI=1S/C20H18FN5O/c21-10-16(22)18-5-2-4-17(25-18)13-7-8-14-11-23-26(19(14)9-13)20-6-1-3-15(12-27)24-20/h1-9,11,16,27H,10,12,22H2. The van der Waals surface area contributed by atoms with Crippen LogP contribution in [0.4, 0.5) is 4.39 Å². The Hall–Kier alpha value is -3.16. The molecular weight excluding hydrogens is 345 g/mol. The van der Waals surface area contributed by atoms with Crippen LogP contribution in [0.5, 0.6) is 0 Å². The average molecular weight is 363 g/mol. The molecule has 4 rings (SSSR count). The second kappa shape index (κ2) is 7.22. The molecule has 3 N–H and O–H groups in total. The molecular formula is C20H18FN5O. The highest BCUT2D eigenvalue weighted by Gasteiger charge is 2.11. The number of nitrogens with zero attached hydrogens (tertiary/aromatic N) is 4. The Morgan fingerprint density at radius 3 is 2.74 bits per heavy atom. The first kappa shape index (κ1) is 17.3. The van der Waals surface area contributed by atoms with E-state index in [0.717, 1.165) is 16.5 Å². The first-order valence-corrected chi connectivity index (χ1v) is 8.53. The lowest BCUT2D eigenvalue weighted by molar-refractivity contribution is 0.276. The van der Waals surface area contributed by atoms with Gasteiger partial charge in [-0.3, -0.25) is 4.98 Å². The van der Waals surface area contributed by atoms with Gasteiger partial charge in [-0.15, -0.1) is 0 Å². The Bertz CT molecular complexity index is 1090. The van der Waals surface area contributed by atoms with Crippen LogP contribution in [0.3, 0.4) is 0 Å². The van der Waals surface area contributed by atoms with E-state index in [0.29, 0.717) is 22.9 Å². The summed E-state index contributed by atoms with van der Waals surface area (Å²) in [5.41, 5.74) is 9.29. The molecule has 0 amide bonds. The van der Waals surface area contributed by atoms with Crippen LogP contribution >= 0.6 is 0 Å². The van der Waals surface area contributed by atoms with Crippen LogP contribution in [0.15, 0.2) is 60.8 Å². The molecule has 7 heteroatoms. The molecule has 1 aromatic carbocycles. The fourth-order valence-electron chi connectivity index (χ4n) is 2.93. The van der Waals surface area contributed by atoms with Crippen molar-refractivity contribution in [1.29, 1.82) is 0 Å². The maximum absolute atomic E-state index is 12.9. The number of hydrogen-bond donors (Lipinski definition) is 2. The van der Waals surface area contributed by atoms with E-state index in [2.05, 4.69) is 15.1 Å². The highest BCUT2D eigenvalue weighted by Crippen LogP contribution is 2.25. The molecule has 0 spiro atoms. The van der Waals surface area contributed by atoms with Crippen molar-refractivity contribution in [3.8, 4) is 17.1 Å². The molecule has 0 aliphatic rings. The van der Waals surface area contributed by atoms with Gasteiger partial charge in [0.2, 0.25) is 0 Å². The lowest BCUT2D eigenvalue weighted by atomic mass is 10.1. The van der Waals surface area contributed by atoms with Crippen molar-refractivity contribution in [3.05, 3.63) is 72.2 Å². The van der Waals surface area contributed by atoms with Gasteiger partial charge in [-0.25, -0.2) is 14.1 Å². The van der Waals surface area contributed by atoms with E-state index in [9.17, 15) is 9.50 Å². The van der Waals surface area contributed by atoms with E-state index >= 15 is 0 Å². The van der Waals surface area contributed by atoms with Gasteiger partial charge in [-0.2, -0.15) is 5.10 Å². The lowest BCUT2D eigenvalue weighted by Crippen LogP contribution is -2.13. The van der Waals surface area contributed by atoms with Crippen LogP contribution in [-0.2, 0) is 6.61 Å². The minimum atomic E-state index is -0.732. The molecule has 3 heterocycles. The number of pyridine rings is 2. The highest BCUT2D eigenvalue weighted by molar-refractivity contribution is 5.84. The summed E-state index contributed by atoms with van der Waals surface area (Å²) in [5.74, 6) is 0.620. The van der Waals surface area contributed by atoms with Crippen molar-refractivity contribution in [3.63, 3.8) is 0 Å². The topological polar surface area (TPSA) is 89.8 Å². The third kappa shape index (κ3) is 3.30. The number of fused-ring (bicyclic) bond motifs is 1. The maximum Gasteiger partial charge on any atom is 0.154 e. The maximum atomic E-state index is 12.9. The Morgan fingerprint density at radius 1 is 1.07 bits per heavy atom. The number of aliphatic hydroxyl groups is 1. The molecule has 0 radical (unpaired) electrons. The van der Waals surface area contributed by atoms with Gasteiger partial charge in [0, 0.05) is 10.9 Å². The lowest BCUT2D eigenvalue weighted by Gasteiger charge is -2.09. The molecule has 0 aliphatic carbocycles. The van der Waals surface area contributed by atoms with Gasteiger partial charge in [-0.05, 0) is 30.3 Å². The normalized spacial score (nSPS) is 12.4. The van der Waals surface area contributed by atoms with Gasteiger partial charge in [0.1, 0.15) is 6.67 Å². The van der Waals surface area contributed by atoms with Crippen LogP contribution in [0.25, 0.3) is 28.0 Å². The number of hydrogen-bond acceptors (Lipinski definition) is 5. The molecule has 3 aromatic heterocycles. The van der Waals surface area contributed by atoms with E-state index in [-0.39, 0.29) is 6.61 Å². The Kier molecular flexibility index (Phi) is 4.62. The molecule has 0 saturated heterocycles. The molecule has 1 unspecified atom stereocenters. The highest BCUT2D eigenvalue weighted by atomic mass is 19.1. The zero-order valence-electron chi connectivity index (χ0n) is 14.5. The number of halogens is 1. The van der Waals surface area contributed by atoms with Crippen molar-refractivity contribution >= 4 is 10.9 Å². The van der Waals surface area contributed by atoms with Gasteiger partial charge < -0.3 is 10.8 Å². The summed E-state index contributed by atoms with van der Waals surface area (Å²) in [7, 11) is 0. The van der Waals surface area contributed by atoms with Gasteiger partial charge in [-0.1, -0.05) is 24.3 Å². The number of aliphatic hydroxyl groups excluding tert-OH is 1. The predicted molar refractivity (Wildman–Crippen MR) is 101 cm³/mol. The summed E-state index contributed by atoms with van der Waals surface area (Å²) in [4.78, 5) is 8.90. The van der Waals surface area contributed by atoms with Gasteiger partial charge in [0.25, 0.3) is 0 Å². The summed E-state index contributed by atoms with van der Waals surface area (Å²) in [6.45, 7) is -0.793. The SMILES string of the molecule is NC(CF)c1cccc(-c2ccc3cnn(-c4cccc(CO)n4)c3c2)n1. The molecule has 0 fully saturated rings. The van der Waals surface area contributed by atoms with E-state index in [4.69, 9.17) is 5.73 Å². The summed E-state index contributed by atoms with van der Waals surface area (Å²) >= 11 is 0. The van der Waals surface area contributed by atoms with Crippen LogP contribution < -0.4 is 5.73 Å². The Morgan fingerprint density at radius 2 is 1.93 bits per heavy atom. The van der Waals surface area contributed by atoms with Crippen molar-refractivity contribution in [1.82, 2.24) is 19.7 Å². The van der Waals surface area contributed by atoms with Crippen LogP contribution in [0.2, 0.25) is 0 Å². The van der Waals surface area contributed by atoms with E-state index in [1.807, 2.05) is 42.5 Å². The second-order valence-electron chi connectivity index (χ2n) is 6.18. The fourth-order valence-corrected chi connectivity index (χ4v) is 2.93. The molecule has 1 atom stereocenters. The Balaban J connectivity index is 1.80.